The summed E-state index contributed by atoms with van der Waals surface area (Å²) in [6.07, 6.45) is -4.30. The molecule has 0 aromatic heterocycles. The van der Waals surface area contributed by atoms with Crippen LogP contribution in [0.25, 0.3) is 4.85 Å². The van der Waals surface area contributed by atoms with Gasteiger partial charge in [-0.05, 0) is 24.6 Å². The van der Waals surface area contributed by atoms with Gasteiger partial charge >= 0.3 is 6.18 Å². The molecule has 14 heavy (non-hydrogen) atoms. The maximum Gasteiger partial charge on any atom is 0.416 e. The van der Waals surface area contributed by atoms with Crippen molar-refractivity contribution in [2.75, 3.05) is 0 Å². The summed E-state index contributed by atoms with van der Waals surface area (Å²) >= 11 is 0. The van der Waals surface area contributed by atoms with Crippen LogP contribution in [-0.2, 0) is 12.7 Å². The third kappa shape index (κ3) is 2.25. The zero-order valence-corrected chi connectivity index (χ0v) is 7.52. The molecule has 0 aliphatic rings. The number of alkyl halides is 3. The molecule has 0 unspecified atom stereocenters. The molecule has 0 saturated heterocycles. The Balaban J connectivity index is 3.08. The highest BCUT2D eigenvalue weighted by molar-refractivity contribution is 5.33. The highest BCUT2D eigenvalue weighted by Gasteiger charge is 2.30. The molecule has 1 nitrogen and oxygen atoms in total. The van der Waals surface area contributed by atoms with Crippen LogP contribution in [0.3, 0.4) is 0 Å². The maximum absolute atomic E-state index is 12.2. The van der Waals surface area contributed by atoms with Crippen LogP contribution in [0.2, 0.25) is 0 Å². The van der Waals surface area contributed by atoms with Crippen LogP contribution in [0, 0.1) is 13.5 Å². The smallest absolute Gasteiger partial charge is 0.312 e. The van der Waals surface area contributed by atoms with Crippen molar-refractivity contribution in [1.29, 1.82) is 0 Å². The molecule has 0 fully saturated rings. The molecule has 4 heteroatoms. The fraction of sp³-hybridized carbons (Fsp3) is 0.300. The van der Waals surface area contributed by atoms with Crippen LogP contribution in [0.15, 0.2) is 18.2 Å². The van der Waals surface area contributed by atoms with Crippen molar-refractivity contribution in [3.05, 3.63) is 46.3 Å². The Morgan fingerprint density at radius 3 is 2.43 bits per heavy atom. The van der Waals surface area contributed by atoms with Crippen molar-refractivity contribution in [3.63, 3.8) is 0 Å². The maximum atomic E-state index is 12.2. The largest absolute Gasteiger partial charge is 0.416 e. The average Bonchev–Trinajstić information content (AvgIpc) is 2.07. The van der Waals surface area contributed by atoms with Gasteiger partial charge in [-0.25, -0.2) is 6.57 Å². The van der Waals surface area contributed by atoms with Crippen LogP contribution in [-0.4, -0.2) is 0 Å². The predicted molar refractivity (Wildman–Crippen MR) is 46.5 cm³/mol. The summed E-state index contributed by atoms with van der Waals surface area (Å²) in [5.41, 5.74) is 0.493. The SMILES string of the molecule is [C-]#[N+]Cc1ccc(C(F)(F)F)cc1C. The van der Waals surface area contributed by atoms with Gasteiger partial charge in [0.2, 0.25) is 6.54 Å². The van der Waals surface area contributed by atoms with E-state index in [0.717, 1.165) is 12.1 Å². The minimum absolute atomic E-state index is 0.129. The lowest BCUT2D eigenvalue weighted by Gasteiger charge is -2.08. The number of benzene rings is 1. The van der Waals surface area contributed by atoms with Crippen LogP contribution in [0.5, 0.6) is 0 Å². The molecule has 0 aliphatic carbocycles. The molecule has 0 atom stereocenters. The van der Waals surface area contributed by atoms with E-state index >= 15 is 0 Å². The lowest BCUT2D eigenvalue weighted by molar-refractivity contribution is -0.137. The highest BCUT2D eigenvalue weighted by Crippen LogP contribution is 2.30. The van der Waals surface area contributed by atoms with Crippen molar-refractivity contribution in [1.82, 2.24) is 0 Å². The first-order chi connectivity index (χ1) is 6.45. The molecule has 0 saturated carbocycles. The van der Waals surface area contributed by atoms with E-state index in [1.54, 1.807) is 6.92 Å². The van der Waals surface area contributed by atoms with Crippen LogP contribution >= 0.6 is 0 Å². The lowest BCUT2D eigenvalue weighted by Crippen LogP contribution is -2.05. The van der Waals surface area contributed by atoms with Crippen molar-refractivity contribution in [2.45, 2.75) is 19.6 Å². The Morgan fingerprint density at radius 2 is 2.00 bits per heavy atom. The number of hydrogen-bond acceptors (Lipinski definition) is 0. The molecule has 0 spiro atoms. The fourth-order valence-corrected chi connectivity index (χ4v) is 1.13. The van der Waals surface area contributed by atoms with Gasteiger partial charge in [-0.15, -0.1) is 0 Å². The van der Waals surface area contributed by atoms with Crippen molar-refractivity contribution in [3.8, 4) is 0 Å². The Hall–Kier alpha value is -1.50. The minimum Gasteiger partial charge on any atom is -0.312 e. The van der Waals surface area contributed by atoms with Crippen LogP contribution in [0.1, 0.15) is 16.7 Å². The van der Waals surface area contributed by atoms with Crippen molar-refractivity contribution in [2.24, 2.45) is 0 Å². The quantitative estimate of drug-likeness (QED) is 0.610. The first kappa shape index (κ1) is 10.6. The van der Waals surface area contributed by atoms with Gasteiger partial charge in [0.25, 0.3) is 0 Å². The molecule has 1 aromatic rings. The topological polar surface area (TPSA) is 4.36 Å². The number of nitrogens with zero attached hydrogens (tertiary/aromatic N) is 1. The van der Waals surface area contributed by atoms with Gasteiger partial charge in [-0.2, -0.15) is 13.2 Å². The summed E-state index contributed by atoms with van der Waals surface area (Å²) in [5.74, 6) is 0. The molecule has 0 heterocycles. The van der Waals surface area contributed by atoms with Crippen molar-refractivity contribution < 1.29 is 13.2 Å². The number of rotatable bonds is 1. The fourth-order valence-electron chi connectivity index (χ4n) is 1.13. The van der Waals surface area contributed by atoms with E-state index in [-0.39, 0.29) is 6.54 Å². The van der Waals surface area contributed by atoms with E-state index in [0.29, 0.717) is 11.1 Å². The normalized spacial score (nSPS) is 11.1. The van der Waals surface area contributed by atoms with Gasteiger partial charge in [0.1, 0.15) is 0 Å². The van der Waals surface area contributed by atoms with E-state index in [1.807, 2.05) is 0 Å². The molecule has 1 aromatic carbocycles. The van der Waals surface area contributed by atoms with E-state index in [1.165, 1.54) is 6.07 Å². The van der Waals surface area contributed by atoms with Crippen LogP contribution in [0.4, 0.5) is 13.2 Å². The van der Waals surface area contributed by atoms with Gasteiger partial charge in [-0.1, -0.05) is 6.07 Å². The molecule has 0 bridgehead atoms. The number of hydrogen-bond donors (Lipinski definition) is 0. The van der Waals surface area contributed by atoms with Gasteiger partial charge in [0.15, 0.2) is 0 Å². The van der Waals surface area contributed by atoms with E-state index in [2.05, 4.69) is 4.85 Å². The third-order valence-corrected chi connectivity index (χ3v) is 1.92. The molecule has 1 rings (SSSR count). The summed E-state index contributed by atoms with van der Waals surface area (Å²) in [6.45, 7) is 8.32. The first-order valence-electron chi connectivity index (χ1n) is 3.95. The van der Waals surface area contributed by atoms with Gasteiger partial charge in [0, 0.05) is 5.56 Å². The Kier molecular flexibility index (Phi) is 2.80. The van der Waals surface area contributed by atoms with Gasteiger partial charge < -0.3 is 4.85 Å². The summed E-state index contributed by atoms with van der Waals surface area (Å²) in [6, 6.07) is 3.43. The molecule has 0 aliphatic heterocycles. The molecule has 0 N–H and O–H groups in total. The number of halogens is 3. The molecular formula is C10H8F3N. The number of aryl methyl sites for hydroxylation is 1. The second-order valence-corrected chi connectivity index (χ2v) is 2.96. The van der Waals surface area contributed by atoms with Gasteiger partial charge in [-0.3, -0.25) is 0 Å². The first-order valence-corrected chi connectivity index (χ1v) is 3.95. The van der Waals surface area contributed by atoms with E-state index < -0.39 is 11.7 Å². The van der Waals surface area contributed by atoms with E-state index in [9.17, 15) is 13.2 Å². The van der Waals surface area contributed by atoms with E-state index in [4.69, 9.17) is 6.57 Å². The third-order valence-electron chi connectivity index (χ3n) is 1.92. The standard InChI is InChI=1S/C10H8F3N/c1-7-5-9(10(11,12)13)4-3-8(7)6-14-2/h3-5H,6H2,1H3. The second kappa shape index (κ2) is 3.70. The Bertz CT molecular complexity index is 374. The molecule has 74 valence electrons. The monoisotopic (exact) mass is 199 g/mol. The van der Waals surface area contributed by atoms with Crippen LogP contribution < -0.4 is 0 Å². The average molecular weight is 199 g/mol. The Morgan fingerprint density at radius 1 is 1.36 bits per heavy atom. The Labute approximate surface area is 80.0 Å². The van der Waals surface area contributed by atoms with Gasteiger partial charge in [0.05, 0.1) is 5.56 Å². The molecule has 0 radical (unpaired) electrons. The highest BCUT2D eigenvalue weighted by atomic mass is 19.4. The summed E-state index contributed by atoms with van der Waals surface area (Å²) in [4.78, 5) is 3.13. The predicted octanol–water partition coefficient (Wildman–Crippen LogP) is 3.43. The summed E-state index contributed by atoms with van der Waals surface area (Å²) < 4.78 is 36.7. The zero-order valence-electron chi connectivity index (χ0n) is 7.52. The molecule has 0 amide bonds. The lowest BCUT2D eigenvalue weighted by atomic mass is 10.1. The minimum atomic E-state index is -4.30. The molecular weight excluding hydrogens is 191 g/mol. The van der Waals surface area contributed by atoms with Crippen molar-refractivity contribution >= 4 is 0 Å². The summed E-state index contributed by atoms with van der Waals surface area (Å²) in [5, 5.41) is 0. The zero-order chi connectivity index (χ0) is 10.8. The summed E-state index contributed by atoms with van der Waals surface area (Å²) in [7, 11) is 0. The second-order valence-electron chi connectivity index (χ2n) is 2.96.